The number of carbonyl (C=O) groups is 2. The molecule has 21 heavy (non-hydrogen) atoms. The van der Waals surface area contributed by atoms with Crippen LogP contribution < -0.4 is 10.1 Å². The normalized spacial score (nSPS) is 10.2. The van der Waals surface area contributed by atoms with Crippen LogP contribution in [0, 0.1) is 6.92 Å². The first-order valence-corrected chi connectivity index (χ1v) is 6.15. The summed E-state index contributed by atoms with van der Waals surface area (Å²) < 4.78 is 6.49. The number of methoxy groups -OCH3 is 1. The molecular weight excluding hydrogens is 274 g/mol. The first-order valence-electron chi connectivity index (χ1n) is 6.15. The number of ether oxygens (including phenoxy) is 1. The standard InChI is InChI=1S/C14H15N3O4/c1-8-6-11(17(2)16-8)13(18)15-9-4-5-10(14(19)20)12(7-9)21-3/h4-7H,1-3H3,(H,15,18)(H,19,20). The number of hydrogen-bond donors (Lipinski definition) is 2. The van der Waals surface area contributed by atoms with E-state index in [1.165, 1.54) is 30.0 Å². The van der Waals surface area contributed by atoms with Crippen molar-refractivity contribution in [2.45, 2.75) is 6.92 Å². The minimum Gasteiger partial charge on any atom is -0.496 e. The molecule has 7 heteroatoms. The highest BCUT2D eigenvalue weighted by Crippen LogP contribution is 2.23. The molecule has 7 nitrogen and oxygen atoms in total. The number of carboxylic acids is 1. The largest absolute Gasteiger partial charge is 0.496 e. The zero-order chi connectivity index (χ0) is 15.6. The Morgan fingerprint density at radius 2 is 2.05 bits per heavy atom. The van der Waals surface area contributed by atoms with E-state index >= 15 is 0 Å². The Balaban J connectivity index is 2.26. The molecule has 0 atom stereocenters. The van der Waals surface area contributed by atoms with Crippen molar-refractivity contribution in [1.82, 2.24) is 9.78 Å². The number of aryl methyl sites for hydroxylation is 2. The molecule has 0 radical (unpaired) electrons. The third kappa shape index (κ3) is 3.02. The minimum atomic E-state index is -1.09. The second-order valence-corrected chi connectivity index (χ2v) is 4.47. The zero-order valence-electron chi connectivity index (χ0n) is 11.9. The summed E-state index contributed by atoms with van der Waals surface area (Å²) in [5.74, 6) is -1.24. The van der Waals surface area contributed by atoms with Crippen molar-refractivity contribution in [3.63, 3.8) is 0 Å². The number of amides is 1. The monoisotopic (exact) mass is 289 g/mol. The molecule has 0 unspecified atom stereocenters. The molecule has 1 aromatic heterocycles. The average Bonchev–Trinajstić information content (AvgIpc) is 2.77. The number of aromatic nitrogens is 2. The third-order valence-corrected chi connectivity index (χ3v) is 2.92. The Labute approximate surface area is 121 Å². The predicted octanol–water partition coefficient (Wildman–Crippen LogP) is 1.69. The molecule has 2 N–H and O–H groups in total. The molecule has 1 aromatic carbocycles. The van der Waals surface area contributed by atoms with Gasteiger partial charge in [0.1, 0.15) is 17.0 Å². The number of aromatic carboxylic acids is 1. The number of benzene rings is 1. The van der Waals surface area contributed by atoms with Gasteiger partial charge in [0, 0.05) is 18.8 Å². The minimum absolute atomic E-state index is 0.0341. The van der Waals surface area contributed by atoms with Crippen molar-refractivity contribution >= 4 is 17.6 Å². The van der Waals surface area contributed by atoms with Crippen LogP contribution in [0.1, 0.15) is 26.5 Å². The number of hydrogen-bond acceptors (Lipinski definition) is 4. The fourth-order valence-electron chi connectivity index (χ4n) is 1.96. The lowest BCUT2D eigenvalue weighted by molar-refractivity contribution is 0.0693. The summed E-state index contributed by atoms with van der Waals surface area (Å²) in [6.45, 7) is 1.79. The van der Waals surface area contributed by atoms with Crippen LogP contribution in [0.2, 0.25) is 0 Å². The lowest BCUT2D eigenvalue weighted by Gasteiger charge is -2.09. The molecule has 0 saturated heterocycles. The number of anilines is 1. The Morgan fingerprint density at radius 1 is 1.33 bits per heavy atom. The number of rotatable bonds is 4. The summed E-state index contributed by atoms with van der Waals surface area (Å²) in [5.41, 5.74) is 1.63. The fraction of sp³-hybridized carbons (Fsp3) is 0.214. The van der Waals surface area contributed by atoms with Crippen molar-refractivity contribution in [3.05, 3.63) is 41.2 Å². The van der Waals surface area contributed by atoms with E-state index < -0.39 is 5.97 Å². The summed E-state index contributed by atoms with van der Waals surface area (Å²) in [7, 11) is 3.05. The van der Waals surface area contributed by atoms with Gasteiger partial charge in [0.05, 0.1) is 12.8 Å². The highest BCUT2D eigenvalue weighted by atomic mass is 16.5. The second-order valence-electron chi connectivity index (χ2n) is 4.47. The first kappa shape index (κ1) is 14.6. The lowest BCUT2D eigenvalue weighted by atomic mass is 10.2. The van der Waals surface area contributed by atoms with E-state index in [1.54, 1.807) is 20.0 Å². The van der Waals surface area contributed by atoms with E-state index in [4.69, 9.17) is 9.84 Å². The van der Waals surface area contributed by atoms with Crippen molar-refractivity contribution < 1.29 is 19.4 Å². The fourth-order valence-corrected chi connectivity index (χ4v) is 1.96. The van der Waals surface area contributed by atoms with Gasteiger partial charge in [-0.3, -0.25) is 9.48 Å². The smallest absolute Gasteiger partial charge is 0.339 e. The van der Waals surface area contributed by atoms with E-state index in [2.05, 4.69) is 10.4 Å². The number of nitrogens with one attached hydrogen (secondary N) is 1. The van der Waals surface area contributed by atoms with Gasteiger partial charge in [-0.25, -0.2) is 4.79 Å². The molecular formula is C14H15N3O4. The van der Waals surface area contributed by atoms with Crippen LogP contribution in [0.25, 0.3) is 0 Å². The van der Waals surface area contributed by atoms with Gasteiger partial charge in [-0.2, -0.15) is 5.10 Å². The van der Waals surface area contributed by atoms with Gasteiger partial charge in [0.25, 0.3) is 5.91 Å². The lowest BCUT2D eigenvalue weighted by Crippen LogP contribution is -2.16. The molecule has 0 aliphatic carbocycles. The van der Waals surface area contributed by atoms with Crippen LogP contribution in [-0.4, -0.2) is 33.9 Å². The van der Waals surface area contributed by atoms with Gasteiger partial charge in [0.15, 0.2) is 0 Å². The molecule has 0 aliphatic heterocycles. The molecule has 0 fully saturated rings. The van der Waals surface area contributed by atoms with Gasteiger partial charge in [-0.15, -0.1) is 0 Å². The number of carboxylic acid groups (broad SMARTS) is 1. The van der Waals surface area contributed by atoms with Crippen LogP contribution in [-0.2, 0) is 7.05 Å². The summed E-state index contributed by atoms with van der Waals surface area (Å²) in [4.78, 5) is 23.1. The van der Waals surface area contributed by atoms with Crippen LogP contribution in [0.3, 0.4) is 0 Å². The van der Waals surface area contributed by atoms with Crippen LogP contribution in [0.15, 0.2) is 24.3 Å². The Morgan fingerprint density at radius 3 is 2.57 bits per heavy atom. The Kier molecular flexibility index (Phi) is 3.93. The van der Waals surface area contributed by atoms with Gasteiger partial charge < -0.3 is 15.2 Å². The predicted molar refractivity (Wildman–Crippen MR) is 75.9 cm³/mol. The van der Waals surface area contributed by atoms with Crippen molar-refractivity contribution in [2.24, 2.45) is 7.05 Å². The highest BCUT2D eigenvalue weighted by Gasteiger charge is 2.15. The summed E-state index contributed by atoms with van der Waals surface area (Å²) >= 11 is 0. The zero-order valence-corrected chi connectivity index (χ0v) is 11.9. The quantitative estimate of drug-likeness (QED) is 0.893. The van der Waals surface area contributed by atoms with Crippen LogP contribution >= 0.6 is 0 Å². The maximum absolute atomic E-state index is 12.1. The van der Waals surface area contributed by atoms with E-state index in [1.807, 2.05) is 0 Å². The molecule has 1 heterocycles. The third-order valence-electron chi connectivity index (χ3n) is 2.92. The average molecular weight is 289 g/mol. The number of carbonyl (C=O) groups excluding carboxylic acids is 1. The Bertz CT molecular complexity index is 706. The summed E-state index contributed by atoms with van der Waals surface area (Å²) in [5, 5.41) is 15.8. The van der Waals surface area contributed by atoms with E-state index in [0.29, 0.717) is 11.4 Å². The van der Waals surface area contributed by atoms with Crippen molar-refractivity contribution in [1.29, 1.82) is 0 Å². The van der Waals surface area contributed by atoms with Gasteiger partial charge in [-0.05, 0) is 25.1 Å². The topological polar surface area (TPSA) is 93.5 Å². The molecule has 1 amide bonds. The second kappa shape index (κ2) is 5.66. The molecule has 0 bridgehead atoms. The van der Waals surface area contributed by atoms with Crippen molar-refractivity contribution in [2.75, 3.05) is 12.4 Å². The summed E-state index contributed by atoms with van der Waals surface area (Å²) in [6, 6.07) is 6.02. The van der Waals surface area contributed by atoms with Gasteiger partial charge in [0.2, 0.25) is 0 Å². The first-order chi connectivity index (χ1) is 9.92. The van der Waals surface area contributed by atoms with E-state index in [0.717, 1.165) is 5.69 Å². The van der Waals surface area contributed by atoms with Crippen molar-refractivity contribution in [3.8, 4) is 5.75 Å². The van der Waals surface area contributed by atoms with E-state index in [9.17, 15) is 9.59 Å². The van der Waals surface area contributed by atoms with Crippen LogP contribution in [0.5, 0.6) is 5.75 Å². The maximum atomic E-state index is 12.1. The SMILES string of the molecule is COc1cc(NC(=O)c2cc(C)nn2C)ccc1C(=O)O. The van der Waals surface area contributed by atoms with Gasteiger partial charge >= 0.3 is 5.97 Å². The van der Waals surface area contributed by atoms with Crippen LogP contribution in [0.4, 0.5) is 5.69 Å². The maximum Gasteiger partial charge on any atom is 0.339 e. The Hall–Kier alpha value is -2.83. The molecule has 110 valence electrons. The summed E-state index contributed by atoms with van der Waals surface area (Å²) in [6.07, 6.45) is 0. The molecule has 0 saturated carbocycles. The van der Waals surface area contributed by atoms with Gasteiger partial charge in [-0.1, -0.05) is 0 Å². The number of nitrogens with zero attached hydrogens (tertiary/aromatic N) is 2. The molecule has 0 spiro atoms. The molecule has 2 aromatic rings. The van der Waals surface area contributed by atoms with E-state index in [-0.39, 0.29) is 17.2 Å². The molecule has 0 aliphatic rings. The highest BCUT2D eigenvalue weighted by molar-refractivity contribution is 6.03. The molecule has 2 rings (SSSR count).